The second kappa shape index (κ2) is 5.06. The van der Waals surface area contributed by atoms with Gasteiger partial charge in [-0.2, -0.15) is 0 Å². The molecular weight excluding hydrogens is 236 g/mol. The summed E-state index contributed by atoms with van der Waals surface area (Å²) in [6, 6.07) is 8.89. The van der Waals surface area contributed by atoms with Crippen molar-refractivity contribution in [2.45, 2.75) is 31.1 Å². The molecule has 1 heterocycles. The van der Waals surface area contributed by atoms with Crippen molar-refractivity contribution in [2.75, 3.05) is 26.2 Å². The first-order valence-corrected chi connectivity index (χ1v) is 7.26. The smallest absolute Gasteiger partial charge is 0.160 e. The third kappa shape index (κ3) is 2.33. The van der Waals surface area contributed by atoms with E-state index in [1.54, 1.807) is 5.56 Å². The molecule has 1 spiro atoms. The maximum Gasteiger partial charge on any atom is 0.160 e. The van der Waals surface area contributed by atoms with E-state index >= 15 is 0 Å². The lowest BCUT2D eigenvalue weighted by Gasteiger charge is -2.40. The van der Waals surface area contributed by atoms with Crippen molar-refractivity contribution in [3.8, 4) is 0 Å². The first kappa shape index (κ1) is 12.8. The van der Waals surface area contributed by atoms with Gasteiger partial charge < -0.3 is 5.73 Å². The minimum Gasteiger partial charge on any atom is -0.324 e. The van der Waals surface area contributed by atoms with Crippen LogP contribution in [0.5, 0.6) is 0 Å². The summed E-state index contributed by atoms with van der Waals surface area (Å²) in [7, 11) is 0. The molecule has 102 valence electrons. The number of Topliss-reactive ketones (excluding diaryl/α,β-unsaturated/α-hetero) is 1. The summed E-state index contributed by atoms with van der Waals surface area (Å²) < 4.78 is 0. The first-order valence-electron chi connectivity index (χ1n) is 7.26. The molecule has 0 saturated carbocycles. The van der Waals surface area contributed by atoms with Gasteiger partial charge in [0.2, 0.25) is 0 Å². The number of nitrogens with two attached hydrogens (primary N) is 1. The number of hydrogen-bond acceptors (Lipinski definition) is 3. The summed E-state index contributed by atoms with van der Waals surface area (Å²) >= 11 is 0. The van der Waals surface area contributed by atoms with Gasteiger partial charge in [0.25, 0.3) is 0 Å². The van der Waals surface area contributed by atoms with E-state index < -0.39 is 0 Å². The summed E-state index contributed by atoms with van der Waals surface area (Å²) in [6.45, 7) is 2.76. The molecule has 1 aromatic rings. The van der Waals surface area contributed by atoms with Crippen molar-refractivity contribution < 1.29 is 4.79 Å². The Kier molecular flexibility index (Phi) is 3.42. The van der Waals surface area contributed by atoms with Crippen LogP contribution in [0.1, 0.15) is 30.4 Å². The van der Waals surface area contributed by atoms with Gasteiger partial charge in [0.1, 0.15) is 0 Å². The Morgan fingerprint density at radius 1 is 1.21 bits per heavy atom. The van der Waals surface area contributed by atoms with Crippen LogP contribution in [0.3, 0.4) is 0 Å². The van der Waals surface area contributed by atoms with Gasteiger partial charge in [-0.25, -0.2) is 0 Å². The van der Waals surface area contributed by atoms with Crippen LogP contribution in [-0.2, 0) is 16.6 Å². The van der Waals surface area contributed by atoms with Crippen molar-refractivity contribution in [1.82, 2.24) is 4.90 Å². The predicted octanol–water partition coefficient (Wildman–Crippen LogP) is 1.49. The second-order valence-corrected chi connectivity index (χ2v) is 5.96. The van der Waals surface area contributed by atoms with Crippen LogP contribution in [0.2, 0.25) is 0 Å². The van der Waals surface area contributed by atoms with Crippen LogP contribution < -0.4 is 5.73 Å². The van der Waals surface area contributed by atoms with Gasteiger partial charge >= 0.3 is 0 Å². The topological polar surface area (TPSA) is 46.3 Å². The highest BCUT2D eigenvalue weighted by Crippen LogP contribution is 2.45. The molecule has 0 bridgehead atoms. The minimum atomic E-state index is 0.155. The largest absolute Gasteiger partial charge is 0.324 e. The zero-order valence-corrected chi connectivity index (χ0v) is 11.4. The van der Waals surface area contributed by atoms with Gasteiger partial charge in [0, 0.05) is 0 Å². The molecule has 0 amide bonds. The number of piperidine rings is 1. The maximum atomic E-state index is 11.4. The number of benzene rings is 1. The fraction of sp³-hybridized carbons (Fsp3) is 0.562. The molecule has 0 unspecified atom stereocenters. The number of carbonyl (C=O) groups excluding carboxylic acids is 1. The lowest BCUT2D eigenvalue weighted by atomic mass is 9.74. The molecule has 1 aliphatic heterocycles. The third-order valence-corrected chi connectivity index (χ3v) is 4.90. The number of nitrogens with zero attached hydrogens (tertiary/aromatic N) is 1. The average Bonchev–Trinajstić information content (AvgIpc) is 2.81. The SMILES string of the molecule is NCC(=O)CN1CCC2(CCc3ccccc32)CC1. The molecule has 1 aliphatic carbocycles. The number of rotatable bonds is 3. The van der Waals surface area contributed by atoms with Gasteiger partial charge in [-0.05, 0) is 55.3 Å². The maximum absolute atomic E-state index is 11.4. The van der Waals surface area contributed by atoms with Gasteiger partial charge in [-0.3, -0.25) is 9.69 Å². The quantitative estimate of drug-likeness (QED) is 0.893. The van der Waals surface area contributed by atoms with Crippen molar-refractivity contribution in [1.29, 1.82) is 0 Å². The molecule has 1 aromatic carbocycles. The Labute approximate surface area is 114 Å². The summed E-state index contributed by atoms with van der Waals surface area (Å²) in [6.07, 6.45) is 4.87. The lowest BCUT2D eigenvalue weighted by Crippen LogP contribution is -2.44. The van der Waals surface area contributed by atoms with E-state index in [1.807, 2.05) is 0 Å². The molecule has 3 heteroatoms. The Hall–Kier alpha value is -1.19. The molecule has 0 aromatic heterocycles. The van der Waals surface area contributed by atoms with Gasteiger partial charge in [0.05, 0.1) is 13.1 Å². The number of hydrogen-bond donors (Lipinski definition) is 1. The zero-order valence-electron chi connectivity index (χ0n) is 11.4. The van der Waals surface area contributed by atoms with Crippen molar-refractivity contribution >= 4 is 5.78 Å². The molecule has 2 N–H and O–H groups in total. The van der Waals surface area contributed by atoms with E-state index in [0.29, 0.717) is 12.0 Å². The Balaban J connectivity index is 1.69. The van der Waals surface area contributed by atoms with Crippen LogP contribution in [0.4, 0.5) is 0 Å². The number of likely N-dealkylation sites (tertiary alicyclic amines) is 1. The molecule has 3 rings (SSSR count). The summed E-state index contributed by atoms with van der Waals surface area (Å²) in [5.74, 6) is 0.155. The monoisotopic (exact) mass is 258 g/mol. The second-order valence-electron chi connectivity index (χ2n) is 5.96. The van der Waals surface area contributed by atoms with Gasteiger partial charge in [-0.1, -0.05) is 24.3 Å². The van der Waals surface area contributed by atoms with Crippen LogP contribution in [-0.4, -0.2) is 36.9 Å². The van der Waals surface area contributed by atoms with E-state index in [0.717, 1.165) is 13.1 Å². The van der Waals surface area contributed by atoms with E-state index in [4.69, 9.17) is 5.73 Å². The molecule has 3 nitrogen and oxygen atoms in total. The van der Waals surface area contributed by atoms with Crippen molar-refractivity contribution in [3.05, 3.63) is 35.4 Å². The highest BCUT2D eigenvalue weighted by molar-refractivity contribution is 5.82. The lowest BCUT2D eigenvalue weighted by molar-refractivity contribution is -0.119. The van der Waals surface area contributed by atoms with Crippen LogP contribution in [0.25, 0.3) is 0 Å². The van der Waals surface area contributed by atoms with Crippen LogP contribution >= 0.6 is 0 Å². The fourth-order valence-corrected chi connectivity index (χ4v) is 3.74. The molecule has 19 heavy (non-hydrogen) atoms. The van der Waals surface area contributed by atoms with E-state index in [9.17, 15) is 4.79 Å². The average molecular weight is 258 g/mol. The Morgan fingerprint density at radius 3 is 2.68 bits per heavy atom. The summed E-state index contributed by atoms with van der Waals surface area (Å²) in [5.41, 5.74) is 8.88. The molecular formula is C16H22N2O. The Bertz CT molecular complexity index is 475. The standard InChI is InChI=1S/C16H22N2O/c17-11-14(19)12-18-9-7-16(8-10-18)6-5-13-3-1-2-4-15(13)16/h1-4H,5-12,17H2. The van der Waals surface area contributed by atoms with E-state index in [-0.39, 0.29) is 12.3 Å². The molecule has 2 aliphatic rings. The highest BCUT2D eigenvalue weighted by atomic mass is 16.1. The number of carbonyl (C=O) groups is 1. The highest BCUT2D eigenvalue weighted by Gasteiger charge is 2.40. The van der Waals surface area contributed by atoms with Crippen molar-refractivity contribution in [2.24, 2.45) is 5.73 Å². The Morgan fingerprint density at radius 2 is 1.95 bits per heavy atom. The number of ketones is 1. The van der Waals surface area contributed by atoms with Gasteiger partial charge in [0.15, 0.2) is 5.78 Å². The van der Waals surface area contributed by atoms with Crippen LogP contribution in [0, 0.1) is 0 Å². The van der Waals surface area contributed by atoms with Crippen LogP contribution in [0.15, 0.2) is 24.3 Å². The van der Waals surface area contributed by atoms with E-state index in [2.05, 4.69) is 29.2 Å². The minimum absolute atomic E-state index is 0.155. The molecule has 0 atom stereocenters. The van der Waals surface area contributed by atoms with Gasteiger partial charge in [-0.15, -0.1) is 0 Å². The van der Waals surface area contributed by atoms with E-state index in [1.165, 1.54) is 31.2 Å². The normalized spacial score (nSPS) is 21.5. The summed E-state index contributed by atoms with van der Waals surface area (Å²) in [4.78, 5) is 13.7. The molecule has 0 radical (unpaired) electrons. The van der Waals surface area contributed by atoms with Crippen molar-refractivity contribution in [3.63, 3.8) is 0 Å². The zero-order chi connectivity index (χ0) is 13.3. The molecule has 1 fully saturated rings. The third-order valence-electron chi connectivity index (χ3n) is 4.90. The number of aryl methyl sites for hydroxylation is 1. The fourth-order valence-electron chi connectivity index (χ4n) is 3.74. The predicted molar refractivity (Wildman–Crippen MR) is 76.2 cm³/mol. The molecule has 1 saturated heterocycles. The summed E-state index contributed by atoms with van der Waals surface area (Å²) in [5, 5.41) is 0. The number of fused-ring (bicyclic) bond motifs is 2. The first-order chi connectivity index (χ1) is 9.23.